The van der Waals surface area contributed by atoms with Crippen molar-refractivity contribution in [2.45, 2.75) is 19.4 Å². The molecule has 0 aliphatic heterocycles. The van der Waals surface area contributed by atoms with Crippen LogP contribution in [0.15, 0.2) is 42.9 Å². The number of nitrogens with zero attached hydrogens (tertiary/aromatic N) is 2. The smallest absolute Gasteiger partial charge is 0.115 e. The zero-order valence-corrected chi connectivity index (χ0v) is 11.1. The number of halogens is 1. The Balaban J connectivity index is 2.19. The molecule has 4 heteroatoms. The van der Waals surface area contributed by atoms with E-state index in [1.165, 1.54) is 0 Å². The number of rotatable bonds is 5. The molecule has 94 valence electrons. The molecule has 1 aromatic carbocycles. The van der Waals surface area contributed by atoms with Gasteiger partial charge in [0.15, 0.2) is 0 Å². The highest BCUT2D eigenvalue weighted by Gasteiger charge is 2.13. The number of aromatic nitrogens is 2. The van der Waals surface area contributed by atoms with Crippen molar-refractivity contribution in [3.05, 3.63) is 59.1 Å². The van der Waals surface area contributed by atoms with Crippen LogP contribution >= 0.6 is 11.6 Å². The second kappa shape index (κ2) is 6.47. The molecule has 1 atom stereocenters. The highest BCUT2D eigenvalue weighted by molar-refractivity contribution is 6.31. The summed E-state index contributed by atoms with van der Waals surface area (Å²) in [5.41, 5.74) is 2.12. The summed E-state index contributed by atoms with van der Waals surface area (Å²) in [6, 6.07) is 10.0. The molecule has 0 saturated heterocycles. The van der Waals surface area contributed by atoms with Gasteiger partial charge in [0.1, 0.15) is 6.33 Å². The molecule has 0 radical (unpaired) electrons. The lowest BCUT2D eigenvalue weighted by Gasteiger charge is -2.17. The lowest BCUT2D eigenvalue weighted by Crippen LogP contribution is -2.24. The van der Waals surface area contributed by atoms with Crippen LogP contribution in [0.25, 0.3) is 0 Å². The Kier molecular flexibility index (Phi) is 4.67. The second-order valence-electron chi connectivity index (χ2n) is 4.04. The molecule has 0 saturated carbocycles. The summed E-state index contributed by atoms with van der Waals surface area (Å²) < 4.78 is 0. The van der Waals surface area contributed by atoms with Crippen LogP contribution in [0.2, 0.25) is 5.02 Å². The minimum Gasteiger partial charge on any atom is -0.309 e. The molecule has 0 spiro atoms. The molecule has 0 amide bonds. The van der Waals surface area contributed by atoms with Crippen LogP contribution in [0.5, 0.6) is 0 Å². The van der Waals surface area contributed by atoms with E-state index in [0.29, 0.717) is 0 Å². The van der Waals surface area contributed by atoms with Gasteiger partial charge in [0.25, 0.3) is 0 Å². The van der Waals surface area contributed by atoms with Crippen LogP contribution in [0.3, 0.4) is 0 Å². The molecule has 0 fully saturated rings. The van der Waals surface area contributed by atoms with Crippen molar-refractivity contribution in [3.63, 3.8) is 0 Å². The van der Waals surface area contributed by atoms with Gasteiger partial charge in [-0.2, -0.15) is 0 Å². The Labute approximate surface area is 112 Å². The van der Waals surface area contributed by atoms with E-state index in [4.69, 9.17) is 11.6 Å². The van der Waals surface area contributed by atoms with Crippen molar-refractivity contribution in [2.75, 3.05) is 6.54 Å². The molecule has 0 bridgehead atoms. The third kappa shape index (κ3) is 3.28. The third-order valence-corrected chi connectivity index (χ3v) is 3.16. The van der Waals surface area contributed by atoms with E-state index in [9.17, 15) is 0 Å². The highest BCUT2D eigenvalue weighted by atomic mass is 35.5. The first-order valence-electron chi connectivity index (χ1n) is 6.04. The molecule has 18 heavy (non-hydrogen) atoms. The molecule has 0 aliphatic rings. The topological polar surface area (TPSA) is 37.8 Å². The fraction of sp³-hybridized carbons (Fsp3) is 0.286. The van der Waals surface area contributed by atoms with Gasteiger partial charge >= 0.3 is 0 Å². The van der Waals surface area contributed by atoms with Crippen LogP contribution in [-0.4, -0.2) is 16.5 Å². The maximum atomic E-state index is 6.20. The first-order valence-corrected chi connectivity index (χ1v) is 6.41. The minimum atomic E-state index is 0.165. The SMILES string of the molecule is CCNC(Cc1ccccc1Cl)c1ccncn1. The van der Waals surface area contributed by atoms with Crippen LogP contribution in [-0.2, 0) is 6.42 Å². The van der Waals surface area contributed by atoms with Crippen LogP contribution < -0.4 is 5.32 Å². The highest BCUT2D eigenvalue weighted by Crippen LogP contribution is 2.22. The first kappa shape index (κ1) is 13.0. The molecule has 3 nitrogen and oxygen atoms in total. The van der Waals surface area contributed by atoms with E-state index >= 15 is 0 Å². The standard InChI is InChI=1S/C14H16ClN3/c1-2-17-14(13-7-8-16-10-18-13)9-11-5-3-4-6-12(11)15/h3-8,10,14,17H,2,9H2,1H3. The van der Waals surface area contributed by atoms with Gasteiger partial charge in [0, 0.05) is 11.2 Å². The summed E-state index contributed by atoms with van der Waals surface area (Å²) in [6.45, 7) is 2.97. The van der Waals surface area contributed by atoms with Gasteiger partial charge in [0.05, 0.1) is 11.7 Å². The number of hydrogen-bond acceptors (Lipinski definition) is 3. The van der Waals surface area contributed by atoms with Crippen molar-refractivity contribution in [1.82, 2.24) is 15.3 Å². The molecular weight excluding hydrogens is 246 g/mol. The zero-order valence-electron chi connectivity index (χ0n) is 10.3. The molecular formula is C14H16ClN3. The molecule has 1 unspecified atom stereocenters. The van der Waals surface area contributed by atoms with E-state index in [1.807, 2.05) is 30.3 Å². The Bertz CT molecular complexity index is 487. The van der Waals surface area contributed by atoms with Crippen molar-refractivity contribution in [3.8, 4) is 0 Å². The molecule has 1 N–H and O–H groups in total. The van der Waals surface area contributed by atoms with Gasteiger partial charge in [-0.05, 0) is 30.7 Å². The fourth-order valence-corrected chi connectivity index (χ4v) is 2.13. The Morgan fingerprint density at radius 3 is 2.78 bits per heavy atom. The van der Waals surface area contributed by atoms with Crippen molar-refractivity contribution < 1.29 is 0 Å². The fourth-order valence-electron chi connectivity index (χ4n) is 1.92. The second-order valence-corrected chi connectivity index (χ2v) is 4.45. The largest absolute Gasteiger partial charge is 0.309 e. The van der Waals surface area contributed by atoms with Crippen LogP contribution in [0.1, 0.15) is 24.2 Å². The summed E-state index contributed by atoms with van der Waals surface area (Å²) in [5.74, 6) is 0. The van der Waals surface area contributed by atoms with Gasteiger partial charge in [-0.3, -0.25) is 0 Å². The quantitative estimate of drug-likeness (QED) is 0.899. The van der Waals surface area contributed by atoms with Gasteiger partial charge in [-0.15, -0.1) is 0 Å². The molecule has 1 aromatic heterocycles. The molecule has 2 aromatic rings. The summed E-state index contributed by atoms with van der Waals surface area (Å²) >= 11 is 6.20. The number of likely N-dealkylation sites (N-methyl/N-ethyl adjacent to an activating group) is 1. The predicted octanol–water partition coefficient (Wildman–Crippen LogP) is 3.02. The summed E-state index contributed by atoms with van der Waals surface area (Å²) in [5, 5.41) is 4.23. The Morgan fingerprint density at radius 2 is 2.11 bits per heavy atom. The van der Waals surface area contributed by atoms with E-state index in [2.05, 4.69) is 22.2 Å². The molecule has 0 aliphatic carbocycles. The van der Waals surface area contributed by atoms with E-state index in [0.717, 1.165) is 29.2 Å². The predicted molar refractivity (Wildman–Crippen MR) is 73.6 cm³/mol. The molecule has 1 heterocycles. The van der Waals surface area contributed by atoms with Crippen LogP contribution in [0, 0.1) is 0 Å². The summed E-state index contributed by atoms with van der Waals surface area (Å²) in [4.78, 5) is 8.25. The maximum Gasteiger partial charge on any atom is 0.115 e. The third-order valence-electron chi connectivity index (χ3n) is 2.79. The van der Waals surface area contributed by atoms with Gasteiger partial charge < -0.3 is 5.32 Å². The van der Waals surface area contributed by atoms with Gasteiger partial charge in [-0.1, -0.05) is 36.7 Å². The maximum absolute atomic E-state index is 6.20. The van der Waals surface area contributed by atoms with E-state index < -0.39 is 0 Å². The van der Waals surface area contributed by atoms with Gasteiger partial charge in [0.2, 0.25) is 0 Å². The Morgan fingerprint density at radius 1 is 1.28 bits per heavy atom. The lowest BCUT2D eigenvalue weighted by molar-refractivity contribution is 0.535. The average Bonchev–Trinajstić information content (AvgIpc) is 2.42. The Hall–Kier alpha value is -1.45. The van der Waals surface area contributed by atoms with Crippen LogP contribution in [0.4, 0.5) is 0 Å². The van der Waals surface area contributed by atoms with Crippen molar-refractivity contribution in [2.24, 2.45) is 0 Å². The molecule has 2 rings (SSSR count). The van der Waals surface area contributed by atoms with E-state index in [1.54, 1.807) is 12.5 Å². The minimum absolute atomic E-state index is 0.165. The van der Waals surface area contributed by atoms with Gasteiger partial charge in [-0.25, -0.2) is 9.97 Å². The van der Waals surface area contributed by atoms with Crippen molar-refractivity contribution >= 4 is 11.6 Å². The summed E-state index contributed by atoms with van der Waals surface area (Å²) in [6.07, 6.45) is 4.16. The summed E-state index contributed by atoms with van der Waals surface area (Å²) in [7, 11) is 0. The zero-order chi connectivity index (χ0) is 12.8. The average molecular weight is 262 g/mol. The monoisotopic (exact) mass is 261 g/mol. The lowest BCUT2D eigenvalue weighted by atomic mass is 10.0. The van der Waals surface area contributed by atoms with E-state index in [-0.39, 0.29) is 6.04 Å². The normalized spacial score (nSPS) is 12.3. The number of hydrogen-bond donors (Lipinski definition) is 1. The van der Waals surface area contributed by atoms with Crippen molar-refractivity contribution in [1.29, 1.82) is 0 Å². The number of nitrogens with one attached hydrogen (secondary N) is 1. The first-order chi connectivity index (χ1) is 8.81. The number of benzene rings is 1.